The van der Waals surface area contributed by atoms with E-state index in [1.807, 2.05) is 38.2 Å². The van der Waals surface area contributed by atoms with Crippen LogP contribution in [-0.4, -0.2) is 25.7 Å². The molecule has 108 valence electrons. The van der Waals surface area contributed by atoms with Crippen LogP contribution in [0.25, 0.3) is 10.9 Å². The summed E-state index contributed by atoms with van der Waals surface area (Å²) in [5.74, 6) is 0.570. The van der Waals surface area contributed by atoms with Gasteiger partial charge in [0.15, 0.2) is 5.69 Å². The first-order valence-electron chi connectivity index (χ1n) is 6.92. The normalized spacial score (nSPS) is 12.5. The van der Waals surface area contributed by atoms with Crippen LogP contribution in [0.5, 0.6) is 0 Å². The molecule has 1 unspecified atom stereocenters. The Morgan fingerprint density at radius 1 is 1.43 bits per heavy atom. The molecule has 3 aromatic rings. The molecule has 0 fully saturated rings. The molecule has 6 nitrogen and oxygen atoms in total. The maximum atomic E-state index is 12.5. The van der Waals surface area contributed by atoms with Crippen molar-refractivity contribution in [1.29, 1.82) is 0 Å². The summed E-state index contributed by atoms with van der Waals surface area (Å²) in [6, 6.07) is 7.55. The first kappa shape index (κ1) is 13.4. The summed E-state index contributed by atoms with van der Waals surface area (Å²) in [7, 11) is 1.84. The molecule has 1 amide bonds. The molecule has 21 heavy (non-hydrogen) atoms. The van der Waals surface area contributed by atoms with Gasteiger partial charge in [0.05, 0.1) is 11.6 Å². The number of carbonyl (C=O) groups is 1. The molecule has 3 rings (SSSR count). The Morgan fingerprint density at radius 2 is 2.24 bits per heavy atom. The van der Waals surface area contributed by atoms with E-state index >= 15 is 0 Å². The van der Waals surface area contributed by atoms with Gasteiger partial charge in [0.25, 0.3) is 5.91 Å². The summed E-state index contributed by atoms with van der Waals surface area (Å²) in [6.45, 7) is 2.00. The van der Waals surface area contributed by atoms with E-state index < -0.39 is 0 Å². The first-order valence-corrected chi connectivity index (χ1v) is 6.92. The predicted molar refractivity (Wildman–Crippen MR) is 79.8 cm³/mol. The number of aryl methyl sites for hydroxylation is 1. The first-order chi connectivity index (χ1) is 10.2. The quantitative estimate of drug-likeness (QED) is 0.770. The van der Waals surface area contributed by atoms with Crippen molar-refractivity contribution in [1.82, 2.24) is 25.1 Å². The molecule has 1 aromatic carbocycles. The number of amides is 1. The van der Waals surface area contributed by atoms with E-state index in [0.717, 1.165) is 23.1 Å². The van der Waals surface area contributed by atoms with Crippen molar-refractivity contribution in [3.63, 3.8) is 0 Å². The number of aromatic amines is 1. The average molecular weight is 283 g/mol. The summed E-state index contributed by atoms with van der Waals surface area (Å²) >= 11 is 0. The fourth-order valence-electron chi connectivity index (χ4n) is 2.44. The van der Waals surface area contributed by atoms with Gasteiger partial charge in [-0.2, -0.15) is 5.10 Å². The van der Waals surface area contributed by atoms with Crippen LogP contribution in [0.3, 0.4) is 0 Å². The molecular formula is C15H17N5O. The van der Waals surface area contributed by atoms with E-state index in [1.54, 1.807) is 17.1 Å². The minimum Gasteiger partial charge on any atom is -0.347 e. The van der Waals surface area contributed by atoms with Gasteiger partial charge in [0.2, 0.25) is 0 Å². The second kappa shape index (κ2) is 5.40. The molecule has 0 aliphatic carbocycles. The van der Waals surface area contributed by atoms with Crippen molar-refractivity contribution in [3.8, 4) is 0 Å². The number of nitrogens with one attached hydrogen (secondary N) is 2. The fraction of sp³-hybridized carbons (Fsp3) is 0.267. The third-order valence-electron chi connectivity index (χ3n) is 3.54. The van der Waals surface area contributed by atoms with Crippen molar-refractivity contribution < 1.29 is 4.79 Å². The molecule has 1 atom stereocenters. The van der Waals surface area contributed by atoms with Gasteiger partial charge in [0, 0.05) is 24.8 Å². The molecular weight excluding hydrogens is 266 g/mol. The zero-order valence-corrected chi connectivity index (χ0v) is 12.0. The Bertz CT molecular complexity index is 760. The number of rotatable bonds is 4. The molecule has 6 heteroatoms. The molecule has 0 radical (unpaired) electrons. The SMILES string of the molecule is CCC(NC(=O)c1nn(C)c2ccccc12)c1ncc[nH]1. The highest BCUT2D eigenvalue weighted by atomic mass is 16.2. The van der Waals surface area contributed by atoms with Gasteiger partial charge < -0.3 is 10.3 Å². The van der Waals surface area contributed by atoms with E-state index in [1.165, 1.54) is 0 Å². The van der Waals surface area contributed by atoms with Crippen molar-refractivity contribution in [2.75, 3.05) is 0 Å². The molecule has 0 saturated heterocycles. The second-order valence-corrected chi connectivity index (χ2v) is 4.90. The summed E-state index contributed by atoms with van der Waals surface area (Å²) < 4.78 is 1.72. The lowest BCUT2D eigenvalue weighted by Crippen LogP contribution is -2.29. The lowest BCUT2D eigenvalue weighted by atomic mass is 10.1. The second-order valence-electron chi connectivity index (χ2n) is 4.90. The number of fused-ring (bicyclic) bond motifs is 1. The van der Waals surface area contributed by atoms with Gasteiger partial charge in [-0.1, -0.05) is 25.1 Å². The minimum atomic E-state index is -0.185. The highest BCUT2D eigenvalue weighted by Crippen LogP contribution is 2.19. The van der Waals surface area contributed by atoms with Crippen LogP contribution < -0.4 is 5.32 Å². The van der Waals surface area contributed by atoms with Crippen LogP contribution in [-0.2, 0) is 7.05 Å². The lowest BCUT2D eigenvalue weighted by molar-refractivity contribution is 0.0929. The van der Waals surface area contributed by atoms with Crippen LogP contribution in [0.1, 0.15) is 35.7 Å². The van der Waals surface area contributed by atoms with Gasteiger partial charge >= 0.3 is 0 Å². The van der Waals surface area contributed by atoms with E-state index in [9.17, 15) is 4.79 Å². The van der Waals surface area contributed by atoms with Crippen LogP contribution in [0.15, 0.2) is 36.7 Å². The average Bonchev–Trinajstić information content (AvgIpc) is 3.13. The number of benzene rings is 1. The lowest BCUT2D eigenvalue weighted by Gasteiger charge is -2.13. The monoisotopic (exact) mass is 283 g/mol. The number of carbonyl (C=O) groups excluding carboxylic acids is 1. The zero-order valence-electron chi connectivity index (χ0n) is 12.0. The maximum absolute atomic E-state index is 12.5. The van der Waals surface area contributed by atoms with E-state index in [2.05, 4.69) is 20.4 Å². The van der Waals surface area contributed by atoms with Crippen LogP contribution >= 0.6 is 0 Å². The Morgan fingerprint density at radius 3 is 2.95 bits per heavy atom. The van der Waals surface area contributed by atoms with E-state index in [0.29, 0.717) is 5.69 Å². The third kappa shape index (κ3) is 2.40. The predicted octanol–water partition coefficient (Wildman–Crippen LogP) is 2.18. The minimum absolute atomic E-state index is 0.145. The van der Waals surface area contributed by atoms with Crippen LogP contribution in [0.4, 0.5) is 0 Å². The number of aromatic nitrogens is 4. The van der Waals surface area contributed by atoms with Crippen molar-refractivity contribution in [2.24, 2.45) is 7.05 Å². The number of hydrogen-bond acceptors (Lipinski definition) is 3. The number of para-hydroxylation sites is 1. The van der Waals surface area contributed by atoms with Gasteiger partial charge in [-0.05, 0) is 12.5 Å². The van der Waals surface area contributed by atoms with Crippen molar-refractivity contribution in [3.05, 3.63) is 48.2 Å². The molecule has 0 aliphatic rings. The third-order valence-corrected chi connectivity index (χ3v) is 3.54. The Balaban J connectivity index is 1.90. The number of H-pyrrole nitrogens is 1. The van der Waals surface area contributed by atoms with Crippen LogP contribution in [0.2, 0.25) is 0 Å². The summed E-state index contributed by atoms with van der Waals surface area (Å²) in [4.78, 5) is 19.7. The Kier molecular flexibility index (Phi) is 3.43. The standard InChI is InChI=1S/C15H17N5O/c1-3-11(14-16-8-9-17-14)18-15(21)13-10-6-4-5-7-12(10)20(2)19-13/h4-9,11H,3H2,1-2H3,(H,16,17)(H,18,21). The van der Waals surface area contributed by atoms with Crippen molar-refractivity contribution in [2.45, 2.75) is 19.4 Å². The molecule has 0 aliphatic heterocycles. The number of nitrogens with zero attached hydrogens (tertiary/aromatic N) is 3. The van der Waals surface area contributed by atoms with Gasteiger partial charge in [-0.25, -0.2) is 4.98 Å². The topological polar surface area (TPSA) is 75.6 Å². The largest absolute Gasteiger partial charge is 0.347 e. The summed E-state index contributed by atoms with van der Waals surface area (Å²) in [5, 5.41) is 8.17. The van der Waals surface area contributed by atoms with E-state index in [-0.39, 0.29) is 11.9 Å². The molecule has 0 saturated carbocycles. The Hall–Kier alpha value is -2.63. The highest BCUT2D eigenvalue weighted by Gasteiger charge is 2.20. The zero-order chi connectivity index (χ0) is 14.8. The van der Waals surface area contributed by atoms with Gasteiger partial charge in [0.1, 0.15) is 5.82 Å². The molecule has 0 bridgehead atoms. The molecule has 2 heterocycles. The van der Waals surface area contributed by atoms with Gasteiger partial charge in [-0.3, -0.25) is 9.48 Å². The number of imidazole rings is 1. The van der Waals surface area contributed by atoms with Crippen molar-refractivity contribution >= 4 is 16.8 Å². The number of hydrogen-bond donors (Lipinski definition) is 2. The Labute approximate surface area is 122 Å². The summed E-state index contributed by atoms with van der Waals surface area (Å²) in [6.07, 6.45) is 4.19. The summed E-state index contributed by atoms with van der Waals surface area (Å²) in [5.41, 5.74) is 1.38. The maximum Gasteiger partial charge on any atom is 0.273 e. The van der Waals surface area contributed by atoms with Gasteiger partial charge in [-0.15, -0.1) is 0 Å². The highest BCUT2D eigenvalue weighted by molar-refractivity contribution is 6.04. The molecule has 2 N–H and O–H groups in total. The van der Waals surface area contributed by atoms with E-state index in [4.69, 9.17) is 0 Å². The van der Waals surface area contributed by atoms with Crippen LogP contribution in [0, 0.1) is 0 Å². The fourth-order valence-corrected chi connectivity index (χ4v) is 2.44. The smallest absolute Gasteiger partial charge is 0.273 e. The molecule has 2 aromatic heterocycles. The molecule has 0 spiro atoms.